The van der Waals surface area contributed by atoms with E-state index in [1.165, 1.54) is 6.07 Å². The summed E-state index contributed by atoms with van der Waals surface area (Å²) >= 11 is 6.91. The molecule has 42 heavy (non-hydrogen) atoms. The van der Waals surface area contributed by atoms with Gasteiger partial charge in [-0.25, -0.2) is 4.39 Å². The number of fused-ring (bicyclic) bond motifs is 1. The number of nitrogen functional groups attached to an aromatic ring is 1. The van der Waals surface area contributed by atoms with Crippen LogP contribution < -0.4 is 16.1 Å². The van der Waals surface area contributed by atoms with Gasteiger partial charge in [-0.15, -0.1) is 5.10 Å². The highest BCUT2D eigenvalue weighted by Gasteiger charge is 2.50. The Bertz CT molecular complexity index is 1700. The molecular weight excluding hydrogens is 561 g/mol. The van der Waals surface area contributed by atoms with E-state index >= 15 is 4.39 Å². The van der Waals surface area contributed by atoms with E-state index in [0.29, 0.717) is 34.3 Å². The molecule has 1 aliphatic rings. The van der Waals surface area contributed by atoms with Crippen LogP contribution in [-0.4, -0.2) is 23.3 Å². The van der Waals surface area contributed by atoms with Crippen molar-refractivity contribution in [1.29, 1.82) is 0 Å². The second kappa shape index (κ2) is 11.2. The topological polar surface area (TPSA) is 72.0 Å². The van der Waals surface area contributed by atoms with Gasteiger partial charge in [-0.3, -0.25) is 0 Å². The number of halogens is 2. The van der Waals surface area contributed by atoms with Gasteiger partial charge in [0.15, 0.2) is 5.82 Å². The number of hydrogen-bond donors (Lipinski definition) is 2. The molecule has 6 rings (SSSR count). The van der Waals surface area contributed by atoms with Crippen LogP contribution >= 0.6 is 11.6 Å². The lowest BCUT2D eigenvalue weighted by atomic mass is 9.90. The quantitative estimate of drug-likeness (QED) is 0.192. The van der Waals surface area contributed by atoms with Crippen molar-refractivity contribution in [3.8, 4) is 11.1 Å². The Morgan fingerprint density at radius 1 is 0.881 bits per heavy atom. The third kappa shape index (κ3) is 4.91. The van der Waals surface area contributed by atoms with Crippen molar-refractivity contribution in [2.75, 3.05) is 5.73 Å². The molecule has 0 radical (unpaired) electrons. The summed E-state index contributed by atoms with van der Waals surface area (Å²) in [4.78, 5) is 12.7. The predicted octanol–water partition coefficient (Wildman–Crippen LogP) is 7.40. The summed E-state index contributed by atoms with van der Waals surface area (Å²) in [5.74, 6) is 0.259. The van der Waals surface area contributed by atoms with Gasteiger partial charge in [0.2, 0.25) is 0 Å². The van der Waals surface area contributed by atoms with Crippen LogP contribution in [-0.2, 0) is 6.42 Å². The van der Waals surface area contributed by atoms with E-state index in [1.807, 2.05) is 72.8 Å². The molecule has 1 heterocycles. The average Bonchev–Trinajstić information content (AvgIpc) is 3.53. The van der Waals surface area contributed by atoms with Crippen LogP contribution in [0, 0.1) is 5.82 Å². The summed E-state index contributed by atoms with van der Waals surface area (Å²) < 4.78 is 16.0. The fourth-order valence-corrected chi connectivity index (χ4v) is 10.8. The van der Waals surface area contributed by atoms with E-state index < -0.39 is 13.4 Å². The first-order chi connectivity index (χ1) is 20.2. The minimum atomic E-state index is -3.34. The summed E-state index contributed by atoms with van der Waals surface area (Å²) in [5, 5.41) is 12.0. The maximum Gasteiger partial charge on any atom is 0.258 e. The Morgan fingerprint density at radius 2 is 1.50 bits per heavy atom. The molecule has 0 spiro atoms. The van der Waals surface area contributed by atoms with Crippen molar-refractivity contribution in [2.24, 2.45) is 0 Å². The van der Waals surface area contributed by atoms with Crippen LogP contribution in [0.15, 0.2) is 91.0 Å². The molecule has 0 aliphatic heterocycles. The molecule has 214 valence electrons. The summed E-state index contributed by atoms with van der Waals surface area (Å²) in [7, 11) is -3.34. The number of nitrogens with two attached hydrogens (primary N) is 1. The lowest BCUT2D eigenvalue weighted by molar-refractivity contribution is 0.483. The van der Waals surface area contributed by atoms with Gasteiger partial charge in [-0.2, -0.15) is 5.10 Å². The summed E-state index contributed by atoms with van der Waals surface area (Å²) in [6.07, 6.45) is 4.84. The van der Waals surface area contributed by atoms with Crippen LogP contribution in [0.4, 0.5) is 10.2 Å². The van der Waals surface area contributed by atoms with Gasteiger partial charge in [0.1, 0.15) is 5.82 Å². The molecule has 1 saturated carbocycles. The zero-order valence-electron chi connectivity index (χ0n) is 23.9. The van der Waals surface area contributed by atoms with E-state index in [4.69, 9.17) is 17.3 Å². The minimum Gasteiger partial charge on any atom is -0.424 e. The van der Waals surface area contributed by atoms with E-state index in [9.17, 15) is 4.80 Å². The molecule has 0 amide bonds. The lowest BCUT2D eigenvalue weighted by Gasteiger charge is -2.41. The van der Waals surface area contributed by atoms with Gasteiger partial charge < -0.3 is 10.5 Å². The molecule has 7 heteroatoms. The third-order valence-electron chi connectivity index (χ3n) is 9.03. The smallest absolute Gasteiger partial charge is 0.258 e. The fourth-order valence-electron chi connectivity index (χ4n) is 6.83. The summed E-state index contributed by atoms with van der Waals surface area (Å²) in [5.41, 5.74) is 9.00. The molecule has 4 aromatic carbocycles. The van der Waals surface area contributed by atoms with E-state index in [2.05, 4.69) is 24.0 Å². The second-order valence-corrected chi connectivity index (χ2v) is 16.4. The lowest BCUT2D eigenvalue weighted by Crippen LogP contribution is -2.65. The summed E-state index contributed by atoms with van der Waals surface area (Å²) in [6.45, 7) is 4.18. The molecule has 0 saturated heterocycles. The van der Waals surface area contributed by atoms with Crippen LogP contribution in [0.3, 0.4) is 0 Å². The highest BCUT2D eigenvalue weighted by molar-refractivity contribution is 6.98. The molecule has 0 unspecified atom stereocenters. The Morgan fingerprint density at radius 3 is 2.12 bits per heavy atom. The number of anilines is 1. The van der Waals surface area contributed by atoms with Crippen molar-refractivity contribution in [3.63, 3.8) is 0 Å². The SMILES string of the molecule is CC(C)(Cc1cccc(F)c1-c1cc2c(C3CCCC3)nnc(N)c2cc1Cl)[Si](O)(c1ccccc1)c1ccccc1. The molecular formula is C35H35ClFN3OSi. The number of hydrogen-bond acceptors (Lipinski definition) is 4. The van der Waals surface area contributed by atoms with Gasteiger partial charge in [0, 0.05) is 32.8 Å². The van der Waals surface area contributed by atoms with Gasteiger partial charge >= 0.3 is 0 Å². The highest BCUT2D eigenvalue weighted by Crippen LogP contribution is 2.45. The Balaban J connectivity index is 1.51. The first kappa shape index (κ1) is 28.5. The van der Waals surface area contributed by atoms with Crippen LogP contribution in [0.25, 0.3) is 21.9 Å². The van der Waals surface area contributed by atoms with Crippen LogP contribution in [0.5, 0.6) is 0 Å². The van der Waals surface area contributed by atoms with Gasteiger partial charge in [0.05, 0.1) is 5.69 Å². The average molecular weight is 596 g/mol. The number of rotatable bonds is 7. The predicted molar refractivity (Wildman–Crippen MR) is 173 cm³/mol. The molecule has 3 N–H and O–H groups in total. The molecule has 1 fully saturated rings. The Labute approximate surface area is 252 Å². The zero-order valence-corrected chi connectivity index (χ0v) is 25.7. The first-order valence-corrected chi connectivity index (χ1v) is 16.9. The standard InChI is InChI=1S/C35H35ClFN3OSi/c1-35(2,42(41,25-15-5-3-6-16-25)26-17-7-4-8-18-26)22-24-14-11-19-31(37)32(24)29-20-27-28(21-30(29)36)34(38)40-39-33(27)23-12-9-10-13-23/h3-8,11,14-21,23,41H,9-10,12-13,22H2,1-2H3,(H2,38,40). The van der Waals surface area contributed by atoms with Crippen molar-refractivity contribution >= 4 is 46.9 Å². The maximum atomic E-state index is 16.0. The molecule has 0 atom stereocenters. The van der Waals surface area contributed by atoms with Crippen LogP contribution in [0.1, 0.15) is 56.7 Å². The molecule has 5 aromatic rings. The number of benzene rings is 4. The first-order valence-electron chi connectivity index (χ1n) is 14.6. The van der Waals surface area contributed by atoms with E-state index in [1.54, 1.807) is 12.1 Å². The molecule has 1 aromatic heterocycles. The monoisotopic (exact) mass is 595 g/mol. The van der Waals surface area contributed by atoms with Gasteiger partial charge in [-0.1, -0.05) is 111 Å². The summed E-state index contributed by atoms with van der Waals surface area (Å²) in [6, 6.07) is 28.7. The second-order valence-electron chi connectivity index (χ2n) is 12.1. The van der Waals surface area contributed by atoms with Crippen molar-refractivity contribution in [3.05, 3.63) is 113 Å². The minimum absolute atomic E-state index is 0.298. The van der Waals surface area contributed by atoms with Crippen molar-refractivity contribution in [1.82, 2.24) is 10.2 Å². The van der Waals surface area contributed by atoms with Gasteiger partial charge in [0.25, 0.3) is 8.32 Å². The maximum absolute atomic E-state index is 16.0. The zero-order chi connectivity index (χ0) is 29.5. The molecule has 0 bridgehead atoms. The molecule has 4 nitrogen and oxygen atoms in total. The molecule has 1 aliphatic carbocycles. The van der Waals surface area contributed by atoms with Crippen molar-refractivity contribution < 1.29 is 9.19 Å². The Kier molecular flexibility index (Phi) is 7.64. The van der Waals surface area contributed by atoms with E-state index in [0.717, 1.165) is 58.1 Å². The largest absolute Gasteiger partial charge is 0.424 e. The number of aromatic nitrogens is 2. The third-order valence-corrected chi connectivity index (χ3v) is 13.8. The number of nitrogens with zero attached hydrogens (tertiary/aromatic N) is 2. The van der Waals surface area contributed by atoms with Crippen molar-refractivity contribution in [2.45, 2.75) is 56.9 Å². The van der Waals surface area contributed by atoms with Crippen LogP contribution in [0.2, 0.25) is 10.1 Å². The normalized spacial score (nSPS) is 14.5. The Hall–Kier alpha value is -3.58. The highest BCUT2D eigenvalue weighted by atomic mass is 35.5. The fraction of sp³-hybridized carbons (Fsp3) is 0.257. The van der Waals surface area contributed by atoms with E-state index in [-0.39, 0.29) is 5.82 Å². The van der Waals surface area contributed by atoms with Gasteiger partial charge in [-0.05, 0) is 58.4 Å².